The molecule has 2 heterocycles. The zero-order valence-corrected chi connectivity index (χ0v) is 13.5. The lowest BCUT2D eigenvalue weighted by molar-refractivity contribution is 0.00710. The highest BCUT2D eigenvalue weighted by molar-refractivity contribution is 5.90. The monoisotopic (exact) mass is 334 g/mol. The Morgan fingerprint density at radius 2 is 2.21 bits per heavy atom. The largest absolute Gasteiger partial charge is 0.497 e. The molecule has 1 aromatic heterocycles. The summed E-state index contributed by atoms with van der Waals surface area (Å²) in [6.45, 7) is 3.06. The number of nitrogens with zero attached hydrogens (tertiary/aromatic N) is 1. The maximum Gasteiger partial charge on any atom is 0.322 e. The zero-order valence-electron chi connectivity index (χ0n) is 13.5. The van der Waals surface area contributed by atoms with Gasteiger partial charge in [0.1, 0.15) is 29.1 Å². The molecule has 0 aliphatic carbocycles. The minimum Gasteiger partial charge on any atom is -0.497 e. The van der Waals surface area contributed by atoms with E-state index in [0.717, 1.165) is 5.76 Å². The Morgan fingerprint density at radius 3 is 2.92 bits per heavy atom. The molecule has 7 heteroatoms. The summed E-state index contributed by atoms with van der Waals surface area (Å²) in [6.07, 6.45) is 0. The molecule has 1 N–H and O–H groups in total. The fraction of sp³-hybridized carbons (Fsp3) is 0.353. The van der Waals surface area contributed by atoms with E-state index in [2.05, 4.69) is 5.32 Å². The lowest BCUT2D eigenvalue weighted by Gasteiger charge is -2.34. The van der Waals surface area contributed by atoms with Gasteiger partial charge in [-0.1, -0.05) is 0 Å². The van der Waals surface area contributed by atoms with Gasteiger partial charge in [0, 0.05) is 24.4 Å². The van der Waals surface area contributed by atoms with E-state index in [4.69, 9.17) is 13.9 Å². The molecule has 0 radical (unpaired) electrons. The van der Waals surface area contributed by atoms with Crippen molar-refractivity contribution in [2.24, 2.45) is 0 Å². The number of hydrogen-bond acceptors (Lipinski definition) is 4. The fourth-order valence-corrected chi connectivity index (χ4v) is 2.66. The van der Waals surface area contributed by atoms with Crippen molar-refractivity contribution in [1.29, 1.82) is 0 Å². The van der Waals surface area contributed by atoms with Gasteiger partial charge in [-0.2, -0.15) is 0 Å². The van der Waals surface area contributed by atoms with Gasteiger partial charge >= 0.3 is 6.03 Å². The number of aryl methyl sites for hydroxylation is 1. The molecule has 1 aliphatic heterocycles. The van der Waals surface area contributed by atoms with Crippen LogP contribution < -0.4 is 10.1 Å². The molecule has 1 saturated heterocycles. The van der Waals surface area contributed by atoms with E-state index in [0.29, 0.717) is 37.0 Å². The van der Waals surface area contributed by atoms with Gasteiger partial charge in [0.05, 0.1) is 20.3 Å². The molecule has 0 saturated carbocycles. The zero-order chi connectivity index (χ0) is 17.1. The van der Waals surface area contributed by atoms with E-state index in [1.165, 1.54) is 19.2 Å². The molecule has 0 spiro atoms. The van der Waals surface area contributed by atoms with E-state index in [-0.39, 0.29) is 12.1 Å². The Hall–Kier alpha value is -2.54. The standard InChI is InChI=1S/C17H19FN2O4/c1-11-3-4-16(24-11)15-10-23-6-5-20(15)17(21)19-13-7-12(18)8-14(9-13)22-2/h3-4,7-9,15H,5-6,10H2,1-2H3,(H,19,21)/t15-/m0/s1. The Kier molecular flexibility index (Phi) is 4.71. The molecular formula is C17H19FN2O4. The highest BCUT2D eigenvalue weighted by Crippen LogP contribution is 2.27. The molecular weight excluding hydrogens is 315 g/mol. The number of carbonyl (C=O) groups excluding carboxylic acids is 1. The third kappa shape index (κ3) is 3.51. The number of morpholine rings is 1. The van der Waals surface area contributed by atoms with Gasteiger partial charge < -0.3 is 24.1 Å². The summed E-state index contributed by atoms with van der Waals surface area (Å²) in [4.78, 5) is 14.2. The topological polar surface area (TPSA) is 63.9 Å². The first-order chi connectivity index (χ1) is 11.6. The third-order valence-electron chi connectivity index (χ3n) is 3.84. The summed E-state index contributed by atoms with van der Waals surface area (Å²) in [7, 11) is 1.44. The van der Waals surface area contributed by atoms with E-state index >= 15 is 0 Å². The number of amides is 2. The van der Waals surface area contributed by atoms with Gasteiger partial charge in [0.15, 0.2) is 0 Å². The summed E-state index contributed by atoms with van der Waals surface area (Å²) >= 11 is 0. The molecule has 3 rings (SSSR count). The van der Waals surface area contributed by atoms with Crippen LogP contribution in [0.1, 0.15) is 17.6 Å². The van der Waals surface area contributed by atoms with Crippen LogP contribution in [0.5, 0.6) is 5.75 Å². The van der Waals surface area contributed by atoms with E-state index in [9.17, 15) is 9.18 Å². The molecule has 2 aromatic rings. The van der Waals surface area contributed by atoms with Crippen molar-refractivity contribution < 1.29 is 23.1 Å². The van der Waals surface area contributed by atoms with Crippen molar-refractivity contribution in [1.82, 2.24) is 4.90 Å². The Labute approximate surface area is 139 Å². The van der Waals surface area contributed by atoms with Gasteiger partial charge in [0.25, 0.3) is 0 Å². The van der Waals surface area contributed by atoms with Crippen molar-refractivity contribution >= 4 is 11.7 Å². The molecule has 2 amide bonds. The fourth-order valence-electron chi connectivity index (χ4n) is 2.66. The van der Waals surface area contributed by atoms with Crippen LogP contribution >= 0.6 is 0 Å². The van der Waals surface area contributed by atoms with Gasteiger partial charge in [-0.3, -0.25) is 0 Å². The molecule has 0 bridgehead atoms. The number of carbonyl (C=O) groups is 1. The number of benzene rings is 1. The van der Waals surface area contributed by atoms with E-state index < -0.39 is 5.82 Å². The van der Waals surface area contributed by atoms with Crippen LogP contribution in [0.2, 0.25) is 0 Å². The van der Waals surface area contributed by atoms with Gasteiger partial charge in [-0.15, -0.1) is 0 Å². The Morgan fingerprint density at radius 1 is 1.38 bits per heavy atom. The van der Waals surface area contributed by atoms with Crippen LogP contribution in [-0.4, -0.2) is 37.8 Å². The summed E-state index contributed by atoms with van der Waals surface area (Å²) in [5.74, 6) is 1.29. The van der Waals surface area contributed by atoms with Crippen LogP contribution in [-0.2, 0) is 4.74 Å². The second-order valence-electron chi connectivity index (χ2n) is 5.54. The molecule has 1 fully saturated rings. The minimum atomic E-state index is -0.482. The van der Waals surface area contributed by atoms with Crippen LogP contribution in [0.15, 0.2) is 34.7 Å². The summed E-state index contributed by atoms with van der Waals surface area (Å²) in [5, 5.41) is 2.70. The van der Waals surface area contributed by atoms with E-state index in [1.54, 1.807) is 11.0 Å². The van der Waals surface area contributed by atoms with Crippen LogP contribution in [0.3, 0.4) is 0 Å². The lowest BCUT2D eigenvalue weighted by atomic mass is 10.2. The molecule has 128 valence electrons. The summed E-state index contributed by atoms with van der Waals surface area (Å²) in [5.41, 5.74) is 0.331. The Bertz CT molecular complexity index is 731. The van der Waals surface area contributed by atoms with E-state index in [1.807, 2.05) is 19.1 Å². The van der Waals surface area contributed by atoms with Crippen LogP contribution in [0.4, 0.5) is 14.9 Å². The summed E-state index contributed by atoms with van der Waals surface area (Å²) < 4.78 is 29.7. The minimum absolute atomic E-state index is 0.317. The SMILES string of the molecule is COc1cc(F)cc(NC(=O)N2CCOC[C@H]2c2ccc(C)o2)c1. The first kappa shape index (κ1) is 16.3. The lowest BCUT2D eigenvalue weighted by Crippen LogP contribution is -2.45. The Balaban J connectivity index is 1.78. The third-order valence-corrected chi connectivity index (χ3v) is 3.84. The maximum absolute atomic E-state index is 13.6. The molecule has 1 aliphatic rings. The number of anilines is 1. The number of furan rings is 1. The first-order valence-corrected chi connectivity index (χ1v) is 7.63. The molecule has 6 nitrogen and oxygen atoms in total. The van der Waals surface area contributed by atoms with Crippen LogP contribution in [0, 0.1) is 12.7 Å². The van der Waals surface area contributed by atoms with Crippen molar-refractivity contribution in [2.45, 2.75) is 13.0 Å². The van der Waals surface area contributed by atoms with Crippen molar-refractivity contribution in [2.75, 3.05) is 32.2 Å². The number of rotatable bonds is 3. The quantitative estimate of drug-likeness (QED) is 0.935. The smallest absolute Gasteiger partial charge is 0.322 e. The number of hydrogen-bond donors (Lipinski definition) is 1. The predicted molar refractivity (Wildman–Crippen MR) is 85.7 cm³/mol. The van der Waals surface area contributed by atoms with Crippen molar-refractivity contribution in [3.8, 4) is 5.75 Å². The number of nitrogens with one attached hydrogen (secondary N) is 1. The highest BCUT2D eigenvalue weighted by atomic mass is 19.1. The van der Waals surface area contributed by atoms with Crippen molar-refractivity contribution in [3.63, 3.8) is 0 Å². The van der Waals surface area contributed by atoms with Gasteiger partial charge in [-0.25, -0.2) is 9.18 Å². The average molecular weight is 334 g/mol. The number of ether oxygens (including phenoxy) is 2. The average Bonchev–Trinajstić information content (AvgIpc) is 3.00. The number of methoxy groups -OCH3 is 1. The van der Waals surface area contributed by atoms with Crippen LogP contribution in [0.25, 0.3) is 0 Å². The second-order valence-corrected chi connectivity index (χ2v) is 5.54. The second kappa shape index (κ2) is 6.92. The maximum atomic E-state index is 13.6. The molecule has 0 unspecified atom stereocenters. The predicted octanol–water partition coefficient (Wildman–Crippen LogP) is 3.34. The highest BCUT2D eigenvalue weighted by Gasteiger charge is 2.31. The summed E-state index contributed by atoms with van der Waals surface area (Å²) in [6, 6.07) is 7.07. The molecule has 1 aromatic carbocycles. The number of urea groups is 1. The van der Waals surface area contributed by atoms with Gasteiger partial charge in [-0.05, 0) is 25.1 Å². The normalized spacial score (nSPS) is 17.6. The molecule has 24 heavy (non-hydrogen) atoms. The molecule has 1 atom stereocenters. The van der Waals surface area contributed by atoms with Crippen molar-refractivity contribution in [3.05, 3.63) is 47.7 Å². The van der Waals surface area contributed by atoms with Gasteiger partial charge in [0.2, 0.25) is 0 Å². The first-order valence-electron chi connectivity index (χ1n) is 7.63. The number of halogens is 1.